The SMILES string of the molecule is [B].[Cl][Zn][Cl]. The van der Waals surface area contributed by atoms with E-state index in [1.54, 1.807) is 0 Å². The van der Waals surface area contributed by atoms with E-state index in [0.29, 0.717) is 0 Å². The van der Waals surface area contributed by atoms with E-state index in [0.717, 1.165) is 0 Å². The van der Waals surface area contributed by atoms with Crippen LogP contribution in [-0.2, 0) is 15.1 Å². The zero-order chi connectivity index (χ0) is 2.71. The molecule has 0 aliphatic carbocycles. The molecule has 0 N–H and O–H groups in total. The van der Waals surface area contributed by atoms with Gasteiger partial charge in [-0.15, -0.1) is 0 Å². The summed E-state index contributed by atoms with van der Waals surface area (Å²) in [7, 11) is 9.90. The van der Waals surface area contributed by atoms with Crippen molar-refractivity contribution in [2.75, 3.05) is 0 Å². The van der Waals surface area contributed by atoms with Crippen molar-refractivity contribution in [1.29, 1.82) is 0 Å². The molecule has 0 saturated carbocycles. The minimum absolute atomic E-state index is 0. The van der Waals surface area contributed by atoms with E-state index in [2.05, 4.69) is 0 Å². The second-order valence-corrected chi connectivity index (χ2v) is 4.72. The van der Waals surface area contributed by atoms with Crippen LogP contribution in [0.3, 0.4) is 0 Å². The molecule has 3 radical (unpaired) electrons. The van der Waals surface area contributed by atoms with Crippen molar-refractivity contribution in [2.45, 2.75) is 0 Å². The molecule has 0 rings (SSSR count). The molecule has 19 valence electrons. The molecular formula is BCl2Zn. The summed E-state index contributed by atoms with van der Waals surface area (Å²) >= 11 is -0.931. The van der Waals surface area contributed by atoms with Gasteiger partial charge in [-0.2, -0.15) is 0 Å². The Bertz CT molecular complexity index is 6.00. The van der Waals surface area contributed by atoms with Crippen molar-refractivity contribution >= 4 is 27.8 Å². The van der Waals surface area contributed by atoms with Crippen molar-refractivity contribution in [3.8, 4) is 0 Å². The van der Waals surface area contributed by atoms with E-state index >= 15 is 0 Å². The molecular weight excluding hydrogens is 147 g/mol. The molecule has 0 saturated heterocycles. The second-order valence-electron chi connectivity index (χ2n) is 0.101. The molecule has 0 heterocycles. The Balaban J connectivity index is 0. The van der Waals surface area contributed by atoms with Gasteiger partial charge >= 0.3 is 34.5 Å². The molecule has 0 amide bonds. The summed E-state index contributed by atoms with van der Waals surface area (Å²) in [6.07, 6.45) is 0. The Morgan fingerprint density at radius 1 is 1.25 bits per heavy atom. The molecule has 0 aliphatic rings. The van der Waals surface area contributed by atoms with Crippen LogP contribution in [0.25, 0.3) is 0 Å². The summed E-state index contributed by atoms with van der Waals surface area (Å²) in [6, 6.07) is 0. The zero-order valence-electron chi connectivity index (χ0n) is 2.04. The van der Waals surface area contributed by atoms with Gasteiger partial charge in [0.1, 0.15) is 0 Å². The van der Waals surface area contributed by atoms with Crippen molar-refractivity contribution in [3.05, 3.63) is 0 Å². The van der Waals surface area contributed by atoms with Crippen LogP contribution in [0.5, 0.6) is 0 Å². The molecule has 0 bridgehead atoms. The molecule has 4 heteroatoms. The van der Waals surface area contributed by atoms with Crippen molar-refractivity contribution < 1.29 is 15.1 Å². The topological polar surface area (TPSA) is 0 Å². The van der Waals surface area contributed by atoms with Crippen molar-refractivity contribution in [1.82, 2.24) is 0 Å². The van der Waals surface area contributed by atoms with Gasteiger partial charge < -0.3 is 0 Å². The number of hydrogen-bond acceptors (Lipinski definition) is 0. The maximum atomic E-state index is 4.95. The molecule has 0 aromatic heterocycles. The molecule has 0 spiro atoms. The predicted molar refractivity (Wildman–Crippen MR) is 17.5 cm³/mol. The first kappa shape index (κ1) is 8.99. The van der Waals surface area contributed by atoms with Gasteiger partial charge in [0, 0.05) is 8.41 Å². The van der Waals surface area contributed by atoms with Crippen LogP contribution in [0, 0.1) is 0 Å². The average Bonchev–Trinajstić information content (AvgIpc) is 0.918. The quantitative estimate of drug-likeness (QED) is 0.448. The zero-order valence-corrected chi connectivity index (χ0v) is 6.52. The predicted octanol–water partition coefficient (Wildman–Crippen LogP) is 0.996. The molecule has 0 aromatic carbocycles. The van der Waals surface area contributed by atoms with E-state index in [1.165, 1.54) is 0 Å². The van der Waals surface area contributed by atoms with Crippen LogP contribution in [-0.4, -0.2) is 8.41 Å². The summed E-state index contributed by atoms with van der Waals surface area (Å²) in [4.78, 5) is 0. The van der Waals surface area contributed by atoms with Gasteiger partial charge in [-0.1, -0.05) is 0 Å². The van der Waals surface area contributed by atoms with Gasteiger partial charge in [0.25, 0.3) is 0 Å². The Hall–Kier alpha value is 1.27. The maximum absolute atomic E-state index is 4.95. The fraction of sp³-hybridized carbons (Fsp3) is 0. The van der Waals surface area contributed by atoms with E-state index < -0.39 is 15.1 Å². The Morgan fingerprint density at radius 3 is 1.25 bits per heavy atom. The van der Waals surface area contributed by atoms with Crippen LogP contribution < -0.4 is 0 Å². The normalized spacial score (nSPS) is 2.50. The molecule has 0 fully saturated rings. The summed E-state index contributed by atoms with van der Waals surface area (Å²) < 4.78 is 0. The van der Waals surface area contributed by atoms with Crippen molar-refractivity contribution in [2.24, 2.45) is 0 Å². The fourth-order valence-corrected chi connectivity index (χ4v) is 0. The number of halogens is 2. The Morgan fingerprint density at radius 2 is 1.25 bits per heavy atom. The molecule has 0 aliphatic heterocycles. The monoisotopic (exact) mass is 145 g/mol. The summed E-state index contributed by atoms with van der Waals surface area (Å²) in [5.41, 5.74) is 0. The van der Waals surface area contributed by atoms with Crippen LogP contribution in [0.1, 0.15) is 0 Å². The first-order valence-corrected chi connectivity index (χ1v) is 8.33. The third-order valence-electron chi connectivity index (χ3n) is 0. The first-order valence-electron chi connectivity index (χ1n) is 0.535. The van der Waals surface area contributed by atoms with Gasteiger partial charge in [-0.3, -0.25) is 0 Å². The number of hydrogen-bond donors (Lipinski definition) is 0. The molecule has 0 aromatic rings. The second kappa shape index (κ2) is 8.86. The van der Waals surface area contributed by atoms with Crippen LogP contribution in [0.4, 0.5) is 0 Å². The van der Waals surface area contributed by atoms with E-state index in [1.807, 2.05) is 0 Å². The molecule has 0 atom stereocenters. The van der Waals surface area contributed by atoms with Gasteiger partial charge in [0.15, 0.2) is 0 Å². The number of rotatable bonds is 0. The Labute approximate surface area is 43.1 Å². The Kier molecular flexibility index (Phi) is 19.9. The standard InChI is InChI=1S/B.2ClH.Zn/h;2*1H;/q;;;+2/p-2. The van der Waals surface area contributed by atoms with Crippen LogP contribution in [0.15, 0.2) is 0 Å². The molecule has 4 heavy (non-hydrogen) atoms. The minimum atomic E-state index is -0.931. The average molecular weight is 147 g/mol. The van der Waals surface area contributed by atoms with Gasteiger partial charge in [-0.25, -0.2) is 0 Å². The van der Waals surface area contributed by atoms with Gasteiger partial charge in [-0.05, 0) is 0 Å². The first-order chi connectivity index (χ1) is 1.41. The van der Waals surface area contributed by atoms with Crippen molar-refractivity contribution in [3.63, 3.8) is 0 Å². The molecule has 0 unspecified atom stereocenters. The summed E-state index contributed by atoms with van der Waals surface area (Å²) in [5.74, 6) is 0. The third kappa shape index (κ3) is 10.5. The fourth-order valence-electron chi connectivity index (χ4n) is 0. The summed E-state index contributed by atoms with van der Waals surface area (Å²) in [5, 5.41) is 0. The van der Waals surface area contributed by atoms with E-state index in [4.69, 9.17) is 19.4 Å². The van der Waals surface area contributed by atoms with E-state index in [-0.39, 0.29) is 8.41 Å². The third-order valence-corrected chi connectivity index (χ3v) is 0. The van der Waals surface area contributed by atoms with Crippen LogP contribution in [0.2, 0.25) is 0 Å². The van der Waals surface area contributed by atoms with Crippen LogP contribution >= 0.6 is 19.4 Å². The molecule has 0 nitrogen and oxygen atoms in total. The van der Waals surface area contributed by atoms with Gasteiger partial charge in [0.05, 0.1) is 0 Å². The van der Waals surface area contributed by atoms with Gasteiger partial charge in [0.2, 0.25) is 0 Å². The van der Waals surface area contributed by atoms with E-state index in [9.17, 15) is 0 Å². The summed E-state index contributed by atoms with van der Waals surface area (Å²) in [6.45, 7) is 0.